The molecular formula is C24H23N3OS. The summed E-state index contributed by atoms with van der Waals surface area (Å²) < 4.78 is 2.06. The molecule has 3 aromatic rings. The van der Waals surface area contributed by atoms with Crippen molar-refractivity contribution >= 4 is 40.6 Å². The van der Waals surface area contributed by atoms with Crippen LogP contribution in [0.25, 0.3) is 11.6 Å². The smallest absolute Gasteiger partial charge is 0.211 e. The van der Waals surface area contributed by atoms with Crippen molar-refractivity contribution in [2.75, 3.05) is 0 Å². The zero-order valence-electron chi connectivity index (χ0n) is 16.2. The molecule has 29 heavy (non-hydrogen) atoms. The molecule has 0 radical (unpaired) electrons. The van der Waals surface area contributed by atoms with Gasteiger partial charge in [0.1, 0.15) is 0 Å². The molecule has 1 aromatic heterocycles. The van der Waals surface area contributed by atoms with Gasteiger partial charge in [-0.2, -0.15) is 0 Å². The zero-order chi connectivity index (χ0) is 19.6. The highest BCUT2D eigenvalue weighted by Crippen LogP contribution is 2.37. The lowest BCUT2D eigenvalue weighted by Gasteiger charge is -2.23. The van der Waals surface area contributed by atoms with E-state index in [1.807, 2.05) is 60.8 Å². The Labute approximate surface area is 174 Å². The molecule has 1 aliphatic carbocycles. The van der Waals surface area contributed by atoms with Gasteiger partial charge in [0.25, 0.3) is 0 Å². The van der Waals surface area contributed by atoms with E-state index in [2.05, 4.69) is 15.6 Å². The van der Waals surface area contributed by atoms with Crippen LogP contribution in [0.3, 0.4) is 0 Å². The van der Waals surface area contributed by atoms with Crippen LogP contribution in [0.15, 0.2) is 64.6 Å². The fraction of sp³-hybridized carbons (Fsp3) is 0.250. The van der Waals surface area contributed by atoms with E-state index in [1.165, 1.54) is 19.3 Å². The summed E-state index contributed by atoms with van der Waals surface area (Å²) in [5, 5.41) is 11.2. The molecule has 0 atom stereocenters. The monoisotopic (exact) mass is 401 g/mol. The van der Waals surface area contributed by atoms with Crippen molar-refractivity contribution in [1.82, 2.24) is 4.57 Å². The summed E-state index contributed by atoms with van der Waals surface area (Å²) in [7, 11) is 0. The van der Waals surface area contributed by atoms with Crippen molar-refractivity contribution in [2.45, 2.75) is 38.1 Å². The largest absolute Gasteiger partial charge is 0.493 e. The quantitative estimate of drug-likeness (QED) is 0.554. The fourth-order valence-electron chi connectivity index (χ4n) is 4.15. The van der Waals surface area contributed by atoms with E-state index in [0.717, 1.165) is 45.0 Å². The molecule has 2 heterocycles. The van der Waals surface area contributed by atoms with Gasteiger partial charge in [-0.3, -0.25) is 9.56 Å². The minimum atomic E-state index is 0.305. The van der Waals surface area contributed by atoms with Crippen LogP contribution in [-0.2, 0) is 0 Å². The number of aromatic hydroxyl groups is 1. The van der Waals surface area contributed by atoms with Crippen LogP contribution >= 0.6 is 11.3 Å². The second-order valence-corrected chi connectivity index (χ2v) is 8.57. The van der Waals surface area contributed by atoms with Crippen molar-refractivity contribution < 1.29 is 5.11 Å². The SMILES string of the molecule is Oc1c(/C=C2\C=Nc3ccccc32)sc(=Nc2ccccc2)n1C1CCCCC1. The highest BCUT2D eigenvalue weighted by molar-refractivity contribution is 7.10. The molecule has 146 valence electrons. The van der Waals surface area contributed by atoms with Gasteiger partial charge in [0.15, 0.2) is 4.80 Å². The van der Waals surface area contributed by atoms with E-state index >= 15 is 0 Å². The molecule has 0 spiro atoms. The number of allylic oxidation sites excluding steroid dienone is 1. The molecule has 0 amide bonds. The van der Waals surface area contributed by atoms with Gasteiger partial charge in [0, 0.05) is 23.4 Å². The maximum atomic E-state index is 11.2. The van der Waals surface area contributed by atoms with Gasteiger partial charge >= 0.3 is 0 Å². The summed E-state index contributed by atoms with van der Waals surface area (Å²) >= 11 is 1.54. The Balaban J connectivity index is 1.63. The molecule has 5 rings (SSSR count). The van der Waals surface area contributed by atoms with Crippen LogP contribution in [0.2, 0.25) is 0 Å². The topological polar surface area (TPSA) is 49.9 Å². The number of para-hydroxylation sites is 2. The minimum absolute atomic E-state index is 0.305. The Bertz CT molecular complexity index is 1150. The Morgan fingerprint density at radius 1 is 1.00 bits per heavy atom. The van der Waals surface area contributed by atoms with Gasteiger partial charge in [-0.1, -0.05) is 67.0 Å². The van der Waals surface area contributed by atoms with Gasteiger partial charge in [-0.25, -0.2) is 4.99 Å². The highest BCUT2D eigenvalue weighted by Gasteiger charge is 2.23. The number of hydrogen-bond donors (Lipinski definition) is 1. The summed E-state index contributed by atoms with van der Waals surface area (Å²) in [6.07, 6.45) is 9.78. The predicted molar refractivity (Wildman–Crippen MR) is 120 cm³/mol. The number of fused-ring (bicyclic) bond motifs is 1. The Morgan fingerprint density at radius 2 is 1.76 bits per heavy atom. The molecular weight excluding hydrogens is 378 g/mol. The molecule has 1 N–H and O–H groups in total. The second kappa shape index (κ2) is 7.84. The van der Waals surface area contributed by atoms with Crippen molar-refractivity contribution in [3.05, 3.63) is 69.8 Å². The van der Waals surface area contributed by atoms with E-state index < -0.39 is 0 Å². The second-order valence-electron chi connectivity index (χ2n) is 7.56. The third-order valence-electron chi connectivity index (χ3n) is 5.62. The number of aromatic nitrogens is 1. The van der Waals surface area contributed by atoms with E-state index in [0.29, 0.717) is 11.9 Å². The lowest BCUT2D eigenvalue weighted by molar-refractivity contribution is 0.307. The summed E-state index contributed by atoms with van der Waals surface area (Å²) in [6, 6.07) is 18.4. The molecule has 0 bridgehead atoms. The van der Waals surface area contributed by atoms with Crippen molar-refractivity contribution in [3.8, 4) is 5.88 Å². The lowest BCUT2D eigenvalue weighted by Crippen LogP contribution is -2.22. The maximum absolute atomic E-state index is 11.2. The summed E-state index contributed by atoms with van der Waals surface area (Å²) in [5.41, 5.74) is 4.01. The average molecular weight is 402 g/mol. The standard InChI is InChI=1S/C24H23N3OS/c28-23-22(15-17-16-25-21-14-8-7-13-20(17)21)29-24(26-18-9-3-1-4-10-18)27(23)19-11-5-2-6-12-19/h1,3-4,7-10,13-16,19,28H,2,5-6,11-12H2/b17-15+,26-24?. The first-order chi connectivity index (χ1) is 14.3. The predicted octanol–water partition coefficient (Wildman–Crippen LogP) is 6.25. The zero-order valence-corrected chi connectivity index (χ0v) is 17.0. The van der Waals surface area contributed by atoms with Crippen LogP contribution in [-0.4, -0.2) is 15.9 Å². The molecule has 1 fully saturated rings. The van der Waals surface area contributed by atoms with Crippen molar-refractivity contribution in [3.63, 3.8) is 0 Å². The van der Waals surface area contributed by atoms with Crippen LogP contribution < -0.4 is 4.80 Å². The molecule has 1 saturated carbocycles. The summed E-state index contributed by atoms with van der Waals surface area (Å²) in [6.45, 7) is 0. The maximum Gasteiger partial charge on any atom is 0.211 e. The fourth-order valence-corrected chi connectivity index (χ4v) is 5.21. The Hall–Kier alpha value is -2.92. The minimum Gasteiger partial charge on any atom is -0.493 e. The third-order valence-corrected chi connectivity index (χ3v) is 6.61. The van der Waals surface area contributed by atoms with Gasteiger partial charge in [0.05, 0.1) is 16.3 Å². The van der Waals surface area contributed by atoms with Crippen LogP contribution in [0.4, 0.5) is 11.4 Å². The number of thiazole rings is 1. The number of aliphatic imine (C=N–C) groups is 1. The molecule has 0 saturated heterocycles. The van der Waals surface area contributed by atoms with Crippen molar-refractivity contribution in [2.24, 2.45) is 9.98 Å². The normalized spacial score (nSPS) is 18.5. The van der Waals surface area contributed by atoms with Crippen LogP contribution in [0, 0.1) is 0 Å². The van der Waals surface area contributed by atoms with Crippen molar-refractivity contribution in [1.29, 1.82) is 0 Å². The van der Waals surface area contributed by atoms with E-state index in [4.69, 9.17) is 4.99 Å². The third kappa shape index (κ3) is 3.58. The Morgan fingerprint density at radius 3 is 2.59 bits per heavy atom. The number of hydrogen-bond acceptors (Lipinski definition) is 4. The Kier molecular flexibility index (Phi) is 4.90. The molecule has 4 nitrogen and oxygen atoms in total. The molecule has 1 aliphatic heterocycles. The van der Waals surface area contributed by atoms with Gasteiger partial charge < -0.3 is 5.11 Å². The van der Waals surface area contributed by atoms with Gasteiger partial charge in [0.2, 0.25) is 5.88 Å². The number of nitrogens with zero attached hydrogens (tertiary/aromatic N) is 3. The first-order valence-electron chi connectivity index (χ1n) is 10.2. The molecule has 2 aromatic carbocycles. The summed E-state index contributed by atoms with van der Waals surface area (Å²) in [4.78, 5) is 11.1. The highest BCUT2D eigenvalue weighted by atomic mass is 32.1. The van der Waals surface area contributed by atoms with Crippen LogP contribution in [0.1, 0.15) is 48.6 Å². The lowest BCUT2D eigenvalue weighted by atomic mass is 9.95. The van der Waals surface area contributed by atoms with Gasteiger partial charge in [-0.05, 0) is 37.1 Å². The molecule has 5 heteroatoms. The first-order valence-corrected chi connectivity index (χ1v) is 11.0. The molecule has 2 aliphatic rings. The van der Waals surface area contributed by atoms with Crippen LogP contribution in [0.5, 0.6) is 5.88 Å². The van der Waals surface area contributed by atoms with E-state index in [9.17, 15) is 5.11 Å². The summed E-state index contributed by atoms with van der Waals surface area (Å²) in [5.74, 6) is 0.321. The number of benzene rings is 2. The number of rotatable bonds is 3. The molecule has 0 unspecified atom stereocenters. The van der Waals surface area contributed by atoms with Gasteiger partial charge in [-0.15, -0.1) is 0 Å². The van der Waals surface area contributed by atoms with E-state index in [-0.39, 0.29) is 0 Å². The average Bonchev–Trinajstić information content (AvgIpc) is 3.31. The first kappa shape index (κ1) is 18.1. The van der Waals surface area contributed by atoms with E-state index in [1.54, 1.807) is 11.3 Å².